The van der Waals surface area contributed by atoms with Gasteiger partial charge in [0.15, 0.2) is 0 Å². The van der Waals surface area contributed by atoms with Gasteiger partial charge in [0, 0.05) is 24.0 Å². The molecule has 1 unspecified atom stereocenters. The molecule has 0 spiro atoms. The fourth-order valence-electron chi connectivity index (χ4n) is 6.90. The lowest BCUT2D eigenvalue weighted by Crippen LogP contribution is -2.39. The fourth-order valence-corrected chi connectivity index (χ4v) is 6.90. The van der Waals surface area contributed by atoms with Crippen molar-refractivity contribution in [2.75, 3.05) is 10.6 Å². The molecule has 0 aliphatic rings. The van der Waals surface area contributed by atoms with Gasteiger partial charge in [0.05, 0.1) is 0 Å². The Morgan fingerprint density at radius 1 is 0.651 bits per heavy atom. The molecule has 0 aliphatic carbocycles. The van der Waals surface area contributed by atoms with Crippen molar-refractivity contribution in [1.29, 1.82) is 0 Å². The molecule has 0 saturated carbocycles. The second-order valence-electron chi connectivity index (χ2n) is 16.6. The van der Waals surface area contributed by atoms with Gasteiger partial charge in [-0.1, -0.05) is 107 Å². The van der Waals surface area contributed by atoms with Crippen LogP contribution in [0.25, 0.3) is 0 Å². The molecule has 2 N–H and O–H groups in total. The Hall–Kier alpha value is -2.74. The fraction of sp³-hybridized carbons (Fsp3) is 0.561. The van der Waals surface area contributed by atoms with E-state index in [2.05, 4.69) is 161 Å². The van der Waals surface area contributed by atoms with Gasteiger partial charge in [0.2, 0.25) is 0 Å². The highest BCUT2D eigenvalue weighted by Crippen LogP contribution is 2.37. The van der Waals surface area contributed by atoms with E-state index in [1.807, 2.05) is 0 Å². The molecule has 0 saturated heterocycles. The van der Waals surface area contributed by atoms with Crippen LogP contribution in [-0.2, 0) is 23.7 Å². The van der Waals surface area contributed by atoms with Crippen LogP contribution in [-0.4, -0.2) is 5.54 Å². The van der Waals surface area contributed by atoms with Crippen molar-refractivity contribution in [2.45, 2.75) is 138 Å². The van der Waals surface area contributed by atoms with Crippen LogP contribution in [0.5, 0.6) is 0 Å². The molecule has 2 nitrogen and oxygen atoms in total. The smallest absolute Gasteiger partial charge is 0.0408 e. The number of benzene rings is 3. The van der Waals surface area contributed by atoms with E-state index < -0.39 is 0 Å². The first-order valence-electron chi connectivity index (χ1n) is 16.7. The summed E-state index contributed by atoms with van der Waals surface area (Å²) in [4.78, 5) is 0. The number of anilines is 3. The molecule has 3 aromatic rings. The summed E-state index contributed by atoms with van der Waals surface area (Å²) in [5, 5.41) is 7.57. The zero-order valence-electron chi connectivity index (χ0n) is 29.9. The van der Waals surface area contributed by atoms with Gasteiger partial charge in [0.1, 0.15) is 0 Å². The summed E-state index contributed by atoms with van der Waals surface area (Å²) in [5.41, 5.74) is 11.3. The zero-order valence-corrected chi connectivity index (χ0v) is 29.9. The summed E-state index contributed by atoms with van der Waals surface area (Å²) in [6.07, 6.45) is 5.51. The van der Waals surface area contributed by atoms with Gasteiger partial charge < -0.3 is 10.6 Å². The standard InChI is InChI=1S/C41H62N2.H2/c1-14-41(15-2,28-32-25-36(39(8,9)10)30(4)37(26-32)40(11,12)13)43-35-22-20-34(21-23-35)42-33-18-16-31(17-19-33)24-29(3)27-38(5,6)7;/h16-23,25-26,29,42-43H,14-15,24,27-28H2,1-13H3;1H. The highest BCUT2D eigenvalue weighted by Gasteiger charge is 2.30. The van der Waals surface area contributed by atoms with E-state index in [1.54, 1.807) is 0 Å². The highest BCUT2D eigenvalue weighted by atomic mass is 15.0. The normalized spacial score (nSPS) is 13.6. The second kappa shape index (κ2) is 13.5. The van der Waals surface area contributed by atoms with Gasteiger partial charge in [-0.15, -0.1) is 0 Å². The number of rotatable bonds is 11. The van der Waals surface area contributed by atoms with E-state index in [1.165, 1.54) is 39.9 Å². The monoisotopic (exact) mass is 585 g/mol. The highest BCUT2D eigenvalue weighted by molar-refractivity contribution is 5.63. The Kier molecular flexibility index (Phi) is 10.9. The quantitative estimate of drug-likeness (QED) is 0.234. The van der Waals surface area contributed by atoms with E-state index in [9.17, 15) is 0 Å². The minimum Gasteiger partial charge on any atom is -0.379 e. The molecule has 0 aliphatic heterocycles. The summed E-state index contributed by atoms with van der Waals surface area (Å²) >= 11 is 0. The zero-order chi connectivity index (χ0) is 32.2. The lowest BCUT2D eigenvalue weighted by molar-refractivity contribution is 0.306. The van der Waals surface area contributed by atoms with Crippen molar-refractivity contribution < 1.29 is 1.43 Å². The minimum atomic E-state index is -0.00549. The Bertz CT molecular complexity index is 1280. The van der Waals surface area contributed by atoms with Crippen molar-refractivity contribution >= 4 is 17.1 Å². The predicted molar refractivity (Wildman–Crippen MR) is 194 cm³/mol. The van der Waals surface area contributed by atoms with Gasteiger partial charge in [-0.2, -0.15) is 0 Å². The van der Waals surface area contributed by atoms with Crippen LogP contribution in [0.15, 0.2) is 60.7 Å². The third-order valence-electron chi connectivity index (χ3n) is 9.06. The van der Waals surface area contributed by atoms with E-state index in [4.69, 9.17) is 0 Å². The van der Waals surface area contributed by atoms with Gasteiger partial charge in [-0.3, -0.25) is 0 Å². The number of nitrogens with one attached hydrogen (secondary N) is 2. The van der Waals surface area contributed by atoms with E-state index >= 15 is 0 Å². The molecule has 43 heavy (non-hydrogen) atoms. The van der Waals surface area contributed by atoms with E-state index in [0.717, 1.165) is 37.1 Å². The third kappa shape index (κ3) is 9.88. The molecule has 0 amide bonds. The maximum atomic E-state index is 3.98. The first kappa shape index (κ1) is 34.7. The second-order valence-corrected chi connectivity index (χ2v) is 16.6. The molecular formula is C41H64N2. The summed E-state index contributed by atoms with van der Waals surface area (Å²) in [6, 6.07) is 22.8. The van der Waals surface area contributed by atoms with E-state index in [0.29, 0.717) is 11.3 Å². The average molecular weight is 585 g/mol. The number of hydrogen-bond acceptors (Lipinski definition) is 2. The van der Waals surface area contributed by atoms with Gasteiger partial charge in [-0.05, 0) is 125 Å². The largest absolute Gasteiger partial charge is 0.379 e. The Morgan fingerprint density at radius 2 is 1.09 bits per heavy atom. The first-order valence-corrected chi connectivity index (χ1v) is 16.7. The van der Waals surface area contributed by atoms with E-state index in [-0.39, 0.29) is 17.8 Å². The van der Waals surface area contributed by atoms with Crippen molar-refractivity contribution in [3.63, 3.8) is 0 Å². The van der Waals surface area contributed by atoms with Crippen LogP contribution in [0.1, 0.15) is 132 Å². The Labute approximate surface area is 267 Å². The van der Waals surface area contributed by atoms with Crippen LogP contribution < -0.4 is 10.6 Å². The Balaban J connectivity index is 0.00000675. The van der Waals surface area contributed by atoms with Crippen LogP contribution in [0.3, 0.4) is 0 Å². The molecule has 3 aromatic carbocycles. The van der Waals surface area contributed by atoms with Crippen molar-refractivity contribution in [3.05, 3.63) is 88.5 Å². The lowest BCUT2D eigenvalue weighted by Gasteiger charge is -2.36. The maximum absolute atomic E-state index is 3.98. The summed E-state index contributed by atoms with van der Waals surface area (Å²) < 4.78 is 0. The van der Waals surface area contributed by atoms with Gasteiger partial charge in [-0.25, -0.2) is 0 Å². The Morgan fingerprint density at radius 3 is 1.51 bits per heavy atom. The first-order chi connectivity index (χ1) is 19.8. The molecule has 0 radical (unpaired) electrons. The molecule has 0 bridgehead atoms. The van der Waals surface area contributed by atoms with Gasteiger partial charge in [0.25, 0.3) is 0 Å². The summed E-state index contributed by atoms with van der Waals surface area (Å²) in [5.74, 6) is 0.685. The van der Waals surface area contributed by atoms with Gasteiger partial charge >= 0.3 is 0 Å². The molecule has 0 fully saturated rings. The van der Waals surface area contributed by atoms with Crippen LogP contribution in [0, 0.1) is 18.3 Å². The predicted octanol–water partition coefficient (Wildman–Crippen LogP) is 12.4. The van der Waals surface area contributed by atoms with Crippen LogP contribution >= 0.6 is 0 Å². The summed E-state index contributed by atoms with van der Waals surface area (Å²) in [7, 11) is 0. The summed E-state index contributed by atoms with van der Waals surface area (Å²) in [6.45, 7) is 30.4. The number of hydrogen-bond donors (Lipinski definition) is 2. The molecule has 1 atom stereocenters. The lowest BCUT2D eigenvalue weighted by atomic mass is 9.74. The van der Waals surface area contributed by atoms with Crippen molar-refractivity contribution in [1.82, 2.24) is 0 Å². The topological polar surface area (TPSA) is 24.1 Å². The van der Waals surface area contributed by atoms with Crippen molar-refractivity contribution in [2.24, 2.45) is 11.3 Å². The molecule has 2 heteroatoms. The van der Waals surface area contributed by atoms with Crippen LogP contribution in [0.4, 0.5) is 17.1 Å². The maximum Gasteiger partial charge on any atom is 0.0408 e. The molecule has 0 aromatic heterocycles. The SMILES string of the molecule is CCC(CC)(Cc1cc(C(C)(C)C)c(C)c(C(C)(C)C)c1)Nc1ccc(Nc2ccc(CC(C)CC(C)(C)C)cc2)cc1.[HH]. The minimum absolute atomic E-state index is 0. The third-order valence-corrected chi connectivity index (χ3v) is 9.06. The molecule has 3 rings (SSSR count). The van der Waals surface area contributed by atoms with Crippen LogP contribution in [0.2, 0.25) is 0 Å². The molecule has 0 heterocycles. The van der Waals surface area contributed by atoms with Crippen molar-refractivity contribution in [3.8, 4) is 0 Å². The molecule has 238 valence electrons. The average Bonchev–Trinajstić information content (AvgIpc) is 2.89. The molecular weight excluding hydrogens is 520 g/mol.